The molecule has 0 amide bonds. The lowest BCUT2D eigenvalue weighted by Gasteiger charge is -2.39. The van der Waals surface area contributed by atoms with Crippen LogP contribution in [0, 0.1) is 6.92 Å². The fraction of sp³-hybridized carbons (Fsp3) is 0.600. The first-order valence-electron chi connectivity index (χ1n) is 6.85. The van der Waals surface area contributed by atoms with Crippen molar-refractivity contribution in [2.75, 3.05) is 0 Å². The summed E-state index contributed by atoms with van der Waals surface area (Å²) in [6.45, 7) is 7.69. The predicted octanol–water partition coefficient (Wildman–Crippen LogP) is 4.03. The maximum absolute atomic E-state index is 3.60. The van der Waals surface area contributed by atoms with Gasteiger partial charge in [-0.1, -0.05) is 34.5 Å². The topological polar surface area (TPSA) is 15.3 Å². The zero-order chi connectivity index (χ0) is 13.1. The van der Waals surface area contributed by atoms with E-state index in [0.717, 1.165) is 6.54 Å². The molecule has 0 aromatic heterocycles. The Morgan fingerprint density at radius 2 is 1.94 bits per heavy atom. The van der Waals surface area contributed by atoms with Crippen LogP contribution >= 0.6 is 15.9 Å². The van der Waals surface area contributed by atoms with Crippen molar-refractivity contribution in [3.8, 4) is 0 Å². The molecule has 1 aromatic rings. The van der Waals surface area contributed by atoms with E-state index in [1.54, 1.807) is 0 Å². The van der Waals surface area contributed by atoms with Crippen LogP contribution in [0.5, 0.6) is 0 Å². The monoisotopic (exact) mass is 310 g/mol. The lowest BCUT2D eigenvalue weighted by Crippen LogP contribution is -2.51. The van der Waals surface area contributed by atoms with E-state index in [1.807, 2.05) is 0 Å². The van der Waals surface area contributed by atoms with Crippen LogP contribution in [-0.4, -0.2) is 17.1 Å². The molecule has 2 atom stereocenters. The third-order valence-electron chi connectivity index (χ3n) is 3.88. The van der Waals surface area contributed by atoms with Crippen molar-refractivity contribution in [1.29, 1.82) is 0 Å². The van der Waals surface area contributed by atoms with Gasteiger partial charge in [-0.05, 0) is 50.8 Å². The van der Waals surface area contributed by atoms with E-state index in [2.05, 4.69) is 65.3 Å². The molecule has 0 spiro atoms. The lowest BCUT2D eigenvalue weighted by molar-refractivity contribution is 0.0435. The highest BCUT2D eigenvalue weighted by Gasteiger charge is 2.23. The van der Waals surface area contributed by atoms with Gasteiger partial charge in [-0.2, -0.15) is 0 Å². The van der Waals surface area contributed by atoms with E-state index in [4.69, 9.17) is 0 Å². The molecule has 0 bridgehead atoms. The molecule has 18 heavy (non-hydrogen) atoms. The molecule has 0 aliphatic carbocycles. The number of hydrazine groups is 1. The first kappa shape index (κ1) is 14.0. The second-order valence-electron chi connectivity index (χ2n) is 5.45. The summed E-state index contributed by atoms with van der Waals surface area (Å²) in [4.78, 5) is 0. The molecular formula is C15H23BrN2. The Balaban J connectivity index is 1.95. The molecule has 1 aliphatic heterocycles. The normalized spacial score (nSPS) is 25.3. The summed E-state index contributed by atoms with van der Waals surface area (Å²) in [5.74, 6) is 0. The zero-order valence-corrected chi connectivity index (χ0v) is 13.1. The minimum atomic E-state index is 0.644. The molecule has 0 radical (unpaired) electrons. The molecule has 1 heterocycles. The fourth-order valence-corrected chi connectivity index (χ4v) is 2.98. The van der Waals surface area contributed by atoms with Gasteiger partial charge in [0.25, 0.3) is 0 Å². The van der Waals surface area contributed by atoms with Gasteiger partial charge in [0.2, 0.25) is 0 Å². The Morgan fingerprint density at radius 1 is 1.28 bits per heavy atom. The molecule has 2 rings (SSSR count). The van der Waals surface area contributed by atoms with Crippen molar-refractivity contribution in [2.45, 2.75) is 58.7 Å². The third kappa shape index (κ3) is 3.34. The summed E-state index contributed by atoms with van der Waals surface area (Å²) >= 11 is 3.55. The SMILES string of the molecule is Cc1cc(CNN2C(C)CCCC2C)ccc1Br. The number of nitrogens with zero attached hydrogens (tertiary/aromatic N) is 1. The highest BCUT2D eigenvalue weighted by Crippen LogP contribution is 2.21. The van der Waals surface area contributed by atoms with Gasteiger partial charge in [-0.25, -0.2) is 5.01 Å². The Morgan fingerprint density at radius 3 is 2.56 bits per heavy atom. The Hall–Kier alpha value is -0.380. The van der Waals surface area contributed by atoms with Crippen molar-refractivity contribution in [1.82, 2.24) is 10.4 Å². The van der Waals surface area contributed by atoms with Crippen molar-refractivity contribution in [2.24, 2.45) is 0 Å². The van der Waals surface area contributed by atoms with Crippen LogP contribution < -0.4 is 5.43 Å². The van der Waals surface area contributed by atoms with Crippen LogP contribution in [0.25, 0.3) is 0 Å². The maximum atomic E-state index is 3.60. The van der Waals surface area contributed by atoms with Crippen LogP contribution in [0.15, 0.2) is 22.7 Å². The summed E-state index contributed by atoms with van der Waals surface area (Å²) in [6, 6.07) is 7.85. The molecule has 2 nitrogen and oxygen atoms in total. The average Bonchev–Trinajstić information content (AvgIpc) is 2.33. The van der Waals surface area contributed by atoms with Crippen LogP contribution in [0.3, 0.4) is 0 Å². The Labute approximate surface area is 119 Å². The zero-order valence-electron chi connectivity index (χ0n) is 11.5. The number of rotatable bonds is 3. The molecular weight excluding hydrogens is 288 g/mol. The highest BCUT2D eigenvalue weighted by atomic mass is 79.9. The van der Waals surface area contributed by atoms with Crippen molar-refractivity contribution in [3.63, 3.8) is 0 Å². The average molecular weight is 311 g/mol. The number of nitrogens with one attached hydrogen (secondary N) is 1. The van der Waals surface area contributed by atoms with Crippen LogP contribution in [0.1, 0.15) is 44.2 Å². The quantitative estimate of drug-likeness (QED) is 0.907. The van der Waals surface area contributed by atoms with Gasteiger partial charge >= 0.3 is 0 Å². The number of aryl methyl sites for hydroxylation is 1. The smallest absolute Gasteiger partial charge is 0.0353 e. The summed E-state index contributed by atoms with van der Waals surface area (Å²) in [7, 11) is 0. The second-order valence-corrected chi connectivity index (χ2v) is 6.31. The van der Waals surface area contributed by atoms with Crippen molar-refractivity contribution in [3.05, 3.63) is 33.8 Å². The summed E-state index contributed by atoms with van der Waals surface area (Å²) < 4.78 is 1.19. The predicted molar refractivity (Wildman–Crippen MR) is 80.3 cm³/mol. The van der Waals surface area contributed by atoms with E-state index in [1.165, 1.54) is 34.9 Å². The minimum absolute atomic E-state index is 0.644. The van der Waals surface area contributed by atoms with Gasteiger partial charge in [0.15, 0.2) is 0 Å². The molecule has 1 aliphatic rings. The first-order chi connectivity index (χ1) is 8.58. The van der Waals surface area contributed by atoms with E-state index < -0.39 is 0 Å². The van der Waals surface area contributed by atoms with Crippen LogP contribution in [0.4, 0.5) is 0 Å². The van der Waals surface area contributed by atoms with E-state index >= 15 is 0 Å². The van der Waals surface area contributed by atoms with Crippen LogP contribution in [-0.2, 0) is 6.54 Å². The van der Waals surface area contributed by atoms with Crippen molar-refractivity contribution >= 4 is 15.9 Å². The molecule has 1 aromatic carbocycles. The molecule has 1 saturated heterocycles. The van der Waals surface area contributed by atoms with Gasteiger partial charge in [0, 0.05) is 23.1 Å². The standard InChI is InChI=1S/C15H23BrN2/c1-11-9-14(7-8-15(11)16)10-17-18-12(2)5-4-6-13(18)3/h7-9,12-13,17H,4-6,10H2,1-3H3. The fourth-order valence-electron chi connectivity index (χ4n) is 2.73. The van der Waals surface area contributed by atoms with Gasteiger partial charge < -0.3 is 0 Å². The summed E-state index contributed by atoms with van der Waals surface area (Å²) in [6.07, 6.45) is 3.96. The molecule has 100 valence electrons. The third-order valence-corrected chi connectivity index (χ3v) is 4.77. The van der Waals surface area contributed by atoms with Gasteiger partial charge in [0.05, 0.1) is 0 Å². The van der Waals surface area contributed by atoms with Crippen LogP contribution in [0.2, 0.25) is 0 Å². The van der Waals surface area contributed by atoms with Gasteiger partial charge in [0.1, 0.15) is 0 Å². The molecule has 0 saturated carbocycles. The number of halogens is 1. The van der Waals surface area contributed by atoms with Gasteiger partial charge in [-0.3, -0.25) is 5.43 Å². The maximum Gasteiger partial charge on any atom is 0.0353 e. The minimum Gasteiger partial charge on any atom is -0.250 e. The highest BCUT2D eigenvalue weighted by molar-refractivity contribution is 9.10. The van der Waals surface area contributed by atoms with Crippen molar-refractivity contribution < 1.29 is 0 Å². The van der Waals surface area contributed by atoms with Gasteiger partial charge in [-0.15, -0.1) is 0 Å². The summed E-state index contributed by atoms with van der Waals surface area (Å²) in [5.41, 5.74) is 6.25. The number of benzene rings is 1. The number of piperidine rings is 1. The van der Waals surface area contributed by atoms with E-state index in [0.29, 0.717) is 12.1 Å². The second kappa shape index (κ2) is 6.18. The van der Waals surface area contributed by atoms with E-state index in [9.17, 15) is 0 Å². The Kier molecular flexibility index (Phi) is 4.82. The lowest BCUT2D eigenvalue weighted by atomic mass is 10.00. The largest absolute Gasteiger partial charge is 0.250 e. The molecule has 1 N–H and O–H groups in total. The first-order valence-corrected chi connectivity index (χ1v) is 7.64. The number of hydrogen-bond acceptors (Lipinski definition) is 2. The summed E-state index contributed by atoms with van der Waals surface area (Å²) in [5, 5.41) is 2.43. The van der Waals surface area contributed by atoms with E-state index in [-0.39, 0.29) is 0 Å². The molecule has 2 unspecified atom stereocenters. The number of hydrogen-bond donors (Lipinski definition) is 1. The molecule has 3 heteroatoms. The molecule has 1 fully saturated rings. The Bertz CT molecular complexity index is 395.